The third-order valence-corrected chi connectivity index (χ3v) is 8.37. The topological polar surface area (TPSA) is 88.3 Å². The fourth-order valence-electron chi connectivity index (χ4n) is 6.20. The molecular formula is C30H33F2N7O2. The maximum Gasteiger partial charge on any atom is 0.264 e. The minimum atomic E-state index is -2.68. The number of anilines is 3. The lowest BCUT2D eigenvalue weighted by Crippen LogP contribution is -2.31. The van der Waals surface area contributed by atoms with Crippen molar-refractivity contribution in [1.82, 2.24) is 24.6 Å². The minimum Gasteiger partial charge on any atom is -0.359 e. The number of nitrogens with one attached hydrogen (secondary N) is 1. The molecule has 3 aromatic heterocycles. The van der Waals surface area contributed by atoms with E-state index in [1.807, 2.05) is 23.1 Å². The van der Waals surface area contributed by atoms with Crippen LogP contribution in [0.3, 0.4) is 0 Å². The van der Waals surface area contributed by atoms with Gasteiger partial charge in [0.15, 0.2) is 0 Å². The molecule has 0 saturated carbocycles. The number of hydrogen-bond acceptors (Lipinski definition) is 6. The molecule has 0 aliphatic carbocycles. The van der Waals surface area contributed by atoms with E-state index in [1.165, 1.54) is 0 Å². The molecule has 1 N–H and O–H groups in total. The molecule has 1 fully saturated rings. The molecule has 0 radical (unpaired) electrons. The highest BCUT2D eigenvalue weighted by molar-refractivity contribution is 5.95. The van der Waals surface area contributed by atoms with Crippen LogP contribution in [0, 0.1) is 12.8 Å². The molecule has 1 saturated heterocycles. The summed E-state index contributed by atoms with van der Waals surface area (Å²) in [5.74, 6) is 1.12. The van der Waals surface area contributed by atoms with E-state index in [1.54, 1.807) is 55.8 Å². The Kier molecular flexibility index (Phi) is 6.75. The van der Waals surface area contributed by atoms with E-state index in [0.717, 1.165) is 23.8 Å². The van der Waals surface area contributed by atoms with Crippen molar-refractivity contribution in [3.05, 3.63) is 63.7 Å². The number of alkyl halides is 2. The zero-order valence-electron chi connectivity index (χ0n) is 23.6. The zero-order valence-corrected chi connectivity index (χ0v) is 23.6. The molecule has 0 spiro atoms. The van der Waals surface area contributed by atoms with Crippen molar-refractivity contribution < 1.29 is 13.6 Å². The molecule has 1 amide bonds. The lowest BCUT2D eigenvalue weighted by atomic mass is 9.93. The molecule has 5 heterocycles. The molecule has 11 heteroatoms. The molecule has 0 bridgehead atoms. The van der Waals surface area contributed by atoms with E-state index < -0.39 is 6.43 Å². The van der Waals surface area contributed by atoms with Gasteiger partial charge in [-0.3, -0.25) is 14.3 Å². The van der Waals surface area contributed by atoms with Gasteiger partial charge in [0, 0.05) is 80.8 Å². The number of amides is 1. The van der Waals surface area contributed by atoms with E-state index >= 15 is 0 Å². The second-order valence-electron chi connectivity index (χ2n) is 11.0. The Morgan fingerprint density at radius 3 is 2.66 bits per heavy atom. The number of fused-ring (bicyclic) bond motifs is 2. The lowest BCUT2D eigenvalue weighted by molar-refractivity contribution is -0.123. The van der Waals surface area contributed by atoms with Crippen LogP contribution >= 0.6 is 0 Å². The maximum atomic E-state index is 14.5. The molecule has 9 nitrogen and oxygen atoms in total. The molecule has 6 rings (SSSR count). The predicted octanol–water partition coefficient (Wildman–Crippen LogP) is 4.24. The summed E-state index contributed by atoms with van der Waals surface area (Å²) in [7, 11) is 5.14. The van der Waals surface area contributed by atoms with Gasteiger partial charge in [-0.25, -0.2) is 13.8 Å². The zero-order chi connectivity index (χ0) is 29.0. The molecule has 2 aliphatic heterocycles. The Bertz CT molecular complexity index is 1730. The van der Waals surface area contributed by atoms with Crippen LogP contribution in [0.2, 0.25) is 0 Å². The molecule has 214 valence electrons. The number of rotatable bonds is 5. The van der Waals surface area contributed by atoms with Crippen molar-refractivity contribution in [2.45, 2.75) is 32.6 Å². The summed E-state index contributed by atoms with van der Waals surface area (Å²) < 4.78 is 32.2. The second-order valence-corrected chi connectivity index (χ2v) is 11.0. The van der Waals surface area contributed by atoms with Crippen molar-refractivity contribution in [1.29, 1.82) is 0 Å². The SMILES string of the molecule is CNC(=O)[C@H]1CCN(c2cc3c(cc(C)c(=O)n3C)c(N3CCCc4cc(-c5cnn(C)c5)c(C(F)F)cc43)n2)C1. The van der Waals surface area contributed by atoms with Gasteiger partial charge in [-0.05, 0) is 55.5 Å². The number of hydrogen-bond donors (Lipinski definition) is 1. The van der Waals surface area contributed by atoms with Gasteiger partial charge in [-0.2, -0.15) is 5.10 Å². The first-order chi connectivity index (χ1) is 19.7. The number of carbonyl (C=O) groups excluding carboxylic acids is 1. The Morgan fingerprint density at radius 2 is 1.95 bits per heavy atom. The Morgan fingerprint density at radius 1 is 1.15 bits per heavy atom. The van der Waals surface area contributed by atoms with Crippen LogP contribution in [-0.2, 0) is 25.3 Å². The van der Waals surface area contributed by atoms with E-state index in [4.69, 9.17) is 4.98 Å². The summed E-state index contributed by atoms with van der Waals surface area (Å²) in [6, 6.07) is 7.19. The van der Waals surface area contributed by atoms with Crippen LogP contribution in [0.25, 0.3) is 22.0 Å². The van der Waals surface area contributed by atoms with Gasteiger partial charge in [0.2, 0.25) is 5.91 Å². The van der Waals surface area contributed by atoms with Crippen LogP contribution in [0.1, 0.15) is 36.0 Å². The van der Waals surface area contributed by atoms with Crippen molar-refractivity contribution in [3.8, 4) is 11.1 Å². The van der Waals surface area contributed by atoms with Crippen molar-refractivity contribution in [2.24, 2.45) is 20.0 Å². The molecule has 41 heavy (non-hydrogen) atoms. The smallest absolute Gasteiger partial charge is 0.264 e. The van der Waals surface area contributed by atoms with Gasteiger partial charge in [-0.15, -0.1) is 0 Å². The Hall–Kier alpha value is -4.28. The number of pyridine rings is 2. The van der Waals surface area contributed by atoms with Gasteiger partial charge in [0.1, 0.15) is 11.6 Å². The van der Waals surface area contributed by atoms with Crippen molar-refractivity contribution >= 4 is 34.1 Å². The largest absolute Gasteiger partial charge is 0.359 e. The number of halogens is 2. The fraction of sp³-hybridized carbons (Fsp3) is 0.400. The van der Waals surface area contributed by atoms with Crippen LogP contribution in [0.5, 0.6) is 0 Å². The number of aryl methyl sites for hydroxylation is 4. The average molecular weight is 562 g/mol. The lowest BCUT2D eigenvalue weighted by Gasteiger charge is -2.33. The van der Waals surface area contributed by atoms with Crippen LogP contribution < -0.4 is 20.7 Å². The number of nitrogens with zero attached hydrogens (tertiary/aromatic N) is 6. The predicted molar refractivity (Wildman–Crippen MR) is 155 cm³/mol. The normalized spacial score (nSPS) is 17.0. The van der Waals surface area contributed by atoms with Gasteiger partial charge < -0.3 is 19.7 Å². The quantitative estimate of drug-likeness (QED) is 0.392. The standard InChI is InChI=1S/C30H33F2N7O2/c1-17-10-23-25(37(4)30(17)41)13-26(38-9-7-19(16-38)29(40)33-2)35-28(23)39-8-5-6-18-11-21(20-14-34-36(3)15-20)22(27(31)32)12-24(18)39/h10-15,19,27H,5-9,16H2,1-4H3,(H,33,40)/t19-/m0/s1. The maximum absolute atomic E-state index is 14.5. The number of benzene rings is 1. The summed E-state index contributed by atoms with van der Waals surface area (Å²) in [6.45, 7) is 3.53. The van der Waals surface area contributed by atoms with Crippen LogP contribution in [-0.4, -0.2) is 51.9 Å². The highest BCUT2D eigenvalue weighted by Gasteiger charge is 2.31. The van der Waals surface area contributed by atoms with E-state index in [-0.39, 0.29) is 22.9 Å². The fourth-order valence-corrected chi connectivity index (χ4v) is 6.20. The van der Waals surface area contributed by atoms with Gasteiger partial charge in [-0.1, -0.05) is 0 Å². The first kappa shape index (κ1) is 26.9. The van der Waals surface area contributed by atoms with E-state index in [0.29, 0.717) is 65.6 Å². The van der Waals surface area contributed by atoms with Gasteiger partial charge in [0.25, 0.3) is 12.0 Å². The highest BCUT2D eigenvalue weighted by Crippen LogP contribution is 2.43. The van der Waals surface area contributed by atoms with E-state index in [2.05, 4.69) is 15.3 Å². The minimum absolute atomic E-state index is 0.00885. The Labute approximate surface area is 236 Å². The third kappa shape index (κ3) is 4.62. The summed E-state index contributed by atoms with van der Waals surface area (Å²) in [5, 5.41) is 7.70. The Balaban J connectivity index is 1.53. The van der Waals surface area contributed by atoms with Crippen LogP contribution in [0.15, 0.2) is 41.5 Å². The third-order valence-electron chi connectivity index (χ3n) is 8.37. The first-order valence-corrected chi connectivity index (χ1v) is 13.9. The summed E-state index contributed by atoms with van der Waals surface area (Å²) in [4.78, 5) is 34.5. The molecule has 0 unspecified atom stereocenters. The van der Waals surface area contributed by atoms with E-state index in [9.17, 15) is 18.4 Å². The van der Waals surface area contributed by atoms with Crippen LogP contribution in [0.4, 0.5) is 26.1 Å². The molecule has 2 aliphatic rings. The van der Waals surface area contributed by atoms with Crippen molar-refractivity contribution in [2.75, 3.05) is 36.5 Å². The first-order valence-electron chi connectivity index (χ1n) is 13.9. The molecule has 4 aromatic rings. The average Bonchev–Trinajstić information content (AvgIpc) is 3.64. The van der Waals surface area contributed by atoms with Gasteiger partial charge in [0.05, 0.1) is 17.6 Å². The summed E-state index contributed by atoms with van der Waals surface area (Å²) in [6.07, 6.45) is 2.94. The summed E-state index contributed by atoms with van der Waals surface area (Å²) in [5.41, 5.74) is 3.91. The molecular weight excluding hydrogens is 528 g/mol. The second kappa shape index (κ2) is 10.3. The van der Waals surface area contributed by atoms with Crippen molar-refractivity contribution in [3.63, 3.8) is 0 Å². The summed E-state index contributed by atoms with van der Waals surface area (Å²) >= 11 is 0. The van der Waals surface area contributed by atoms with Gasteiger partial charge >= 0.3 is 0 Å². The number of aromatic nitrogens is 4. The molecule has 1 aromatic carbocycles. The highest BCUT2D eigenvalue weighted by atomic mass is 19.3. The number of carbonyl (C=O) groups is 1. The monoisotopic (exact) mass is 561 g/mol. The molecule has 1 atom stereocenters.